The van der Waals surface area contributed by atoms with Crippen molar-refractivity contribution in [3.8, 4) is 0 Å². The number of piperidine rings is 1. The normalized spacial score (nSPS) is 25.6. The fourth-order valence-corrected chi connectivity index (χ4v) is 5.97. The Morgan fingerprint density at radius 1 is 1.16 bits per heavy atom. The predicted octanol–water partition coefficient (Wildman–Crippen LogP) is 1.52. The van der Waals surface area contributed by atoms with Crippen molar-refractivity contribution in [1.29, 1.82) is 0 Å². The monoisotopic (exact) mass is 577 g/mol. The molecule has 8 nitrogen and oxygen atoms in total. The molecule has 3 atom stereocenters. The zero-order chi connectivity index (χ0) is 22.3. The average molecular weight is 578 g/mol. The molecular formula is C22H36IN5O3S. The Morgan fingerprint density at radius 2 is 1.91 bits per heavy atom. The summed E-state index contributed by atoms with van der Waals surface area (Å²) in [5.74, 6) is 0.782. The number of carbonyl (C=O) groups is 1. The van der Waals surface area contributed by atoms with Crippen LogP contribution in [0.1, 0.15) is 38.2 Å². The fraction of sp³-hybridized carbons (Fsp3) is 0.636. The number of hydrogen-bond donors (Lipinski definition) is 3. The van der Waals surface area contributed by atoms with Crippen LogP contribution >= 0.6 is 24.0 Å². The quantitative estimate of drug-likeness (QED) is 0.258. The van der Waals surface area contributed by atoms with Gasteiger partial charge in [-0.05, 0) is 31.7 Å². The largest absolute Gasteiger partial charge is 0.356 e. The zero-order valence-electron chi connectivity index (χ0n) is 18.9. The first-order valence-corrected chi connectivity index (χ1v) is 12.9. The summed E-state index contributed by atoms with van der Waals surface area (Å²) in [7, 11) is -1.26. The molecule has 1 amide bonds. The van der Waals surface area contributed by atoms with Gasteiger partial charge in [-0.15, -0.1) is 24.0 Å². The molecule has 0 radical (unpaired) electrons. The molecule has 10 heteroatoms. The molecule has 0 aromatic heterocycles. The van der Waals surface area contributed by atoms with Crippen LogP contribution in [-0.2, 0) is 21.2 Å². The van der Waals surface area contributed by atoms with E-state index in [1.165, 1.54) is 5.56 Å². The number of amides is 1. The van der Waals surface area contributed by atoms with Crippen molar-refractivity contribution in [3.63, 3.8) is 0 Å². The van der Waals surface area contributed by atoms with E-state index in [4.69, 9.17) is 0 Å². The molecule has 1 aromatic carbocycles. The lowest BCUT2D eigenvalue weighted by Crippen LogP contribution is -2.51. The molecule has 3 unspecified atom stereocenters. The standard InChI is InChI=1S/C22H35N5O3S.HI/c1-17-14-19(9-12-27(17)15-18-6-4-3-5-7-18)26-22(23-2)24-11-8-21(28)25-20-10-13-31(29,30)16-20;/h3-7,17,19-20H,8-16H2,1-2H3,(H,25,28)(H2,23,24,26);1H. The lowest BCUT2D eigenvalue weighted by Gasteiger charge is -2.38. The van der Waals surface area contributed by atoms with E-state index < -0.39 is 9.84 Å². The molecule has 0 aliphatic carbocycles. The number of benzene rings is 1. The van der Waals surface area contributed by atoms with Gasteiger partial charge in [0, 0.05) is 51.2 Å². The van der Waals surface area contributed by atoms with Crippen molar-refractivity contribution in [2.45, 2.75) is 57.3 Å². The molecular weight excluding hydrogens is 541 g/mol. The van der Waals surface area contributed by atoms with E-state index in [9.17, 15) is 13.2 Å². The number of nitrogens with one attached hydrogen (secondary N) is 3. The van der Waals surface area contributed by atoms with Crippen molar-refractivity contribution in [2.24, 2.45) is 4.99 Å². The summed E-state index contributed by atoms with van der Waals surface area (Å²) < 4.78 is 23.0. The van der Waals surface area contributed by atoms with Gasteiger partial charge in [-0.1, -0.05) is 30.3 Å². The first-order valence-electron chi connectivity index (χ1n) is 11.1. The van der Waals surface area contributed by atoms with Gasteiger partial charge < -0.3 is 16.0 Å². The smallest absolute Gasteiger partial charge is 0.222 e. The van der Waals surface area contributed by atoms with Crippen LogP contribution in [0.15, 0.2) is 35.3 Å². The number of likely N-dealkylation sites (tertiary alicyclic amines) is 1. The molecule has 180 valence electrons. The van der Waals surface area contributed by atoms with Crippen LogP contribution < -0.4 is 16.0 Å². The van der Waals surface area contributed by atoms with E-state index in [0.29, 0.717) is 31.0 Å². The van der Waals surface area contributed by atoms with Crippen molar-refractivity contribution in [3.05, 3.63) is 35.9 Å². The molecule has 2 fully saturated rings. The van der Waals surface area contributed by atoms with Crippen LogP contribution in [0.5, 0.6) is 0 Å². The third-order valence-corrected chi connectivity index (χ3v) is 7.82. The van der Waals surface area contributed by atoms with E-state index in [2.05, 4.69) is 57.0 Å². The summed E-state index contributed by atoms with van der Waals surface area (Å²) in [6.45, 7) is 4.71. The molecule has 32 heavy (non-hydrogen) atoms. The number of aliphatic imine (C=N–C) groups is 1. The van der Waals surface area contributed by atoms with Gasteiger partial charge in [0.05, 0.1) is 11.5 Å². The summed E-state index contributed by atoms with van der Waals surface area (Å²) in [5, 5.41) is 9.49. The van der Waals surface area contributed by atoms with E-state index >= 15 is 0 Å². The van der Waals surface area contributed by atoms with Gasteiger partial charge in [-0.2, -0.15) is 0 Å². The topological polar surface area (TPSA) is 103 Å². The predicted molar refractivity (Wildman–Crippen MR) is 139 cm³/mol. The number of carbonyl (C=O) groups excluding carboxylic acids is 1. The number of hydrogen-bond acceptors (Lipinski definition) is 5. The Balaban J connectivity index is 0.00000363. The van der Waals surface area contributed by atoms with Crippen molar-refractivity contribution >= 4 is 45.7 Å². The van der Waals surface area contributed by atoms with Gasteiger partial charge in [-0.25, -0.2) is 8.42 Å². The first kappa shape index (κ1) is 26.8. The number of guanidine groups is 1. The van der Waals surface area contributed by atoms with Gasteiger partial charge in [0.2, 0.25) is 5.91 Å². The minimum atomic E-state index is -2.98. The fourth-order valence-electron chi connectivity index (χ4n) is 4.30. The Labute approximate surface area is 208 Å². The van der Waals surface area contributed by atoms with Gasteiger partial charge in [0.25, 0.3) is 0 Å². The first-order chi connectivity index (χ1) is 14.8. The molecule has 0 saturated carbocycles. The number of rotatable bonds is 7. The minimum absolute atomic E-state index is 0. The van der Waals surface area contributed by atoms with Crippen LogP contribution in [0.3, 0.4) is 0 Å². The lowest BCUT2D eigenvalue weighted by molar-refractivity contribution is -0.121. The van der Waals surface area contributed by atoms with Gasteiger partial charge in [0.1, 0.15) is 0 Å². The van der Waals surface area contributed by atoms with Crippen LogP contribution in [0.4, 0.5) is 0 Å². The highest BCUT2D eigenvalue weighted by Crippen LogP contribution is 2.20. The van der Waals surface area contributed by atoms with Crippen LogP contribution in [0.25, 0.3) is 0 Å². The Morgan fingerprint density at radius 3 is 2.53 bits per heavy atom. The number of sulfone groups is 1. The Kier molecular flexibility index (Phi) is 10.7. The summed E-state index contributed by atoms with van der Waals surface area (Å²) in [5.41, 5.74) is 1.34. The maximum atomic E-state index is 12.1. The van der Waals surface area contributed by atoms with E-state index in [0.717, 1.165) is 25.9 Å². The van der Waals surface area contributed by atoms with Gasteiger partial charge >= 0.3 is 0 Å². The summed E-state index contributed by atoms with van der Waals surface area (Å²) >= 11 is 0. The van der Waals surface area contributed by atoms with Crippen LogP contribution in [0.2, 0.25) is 0 Å². The second-order valence-electron chi connectivity index (χ2n) is 8.59. The van der Waals surface area contributed by atoms with Crippen molar-refractivity contribution in [2.75, 3.05) is 31.6 Å². The third-order valence-electron chi connectivity index (χ3n) is 6.05. The highest BCUT2D eigenvalue weighted by atomic mass is 127. The SMILES string of the molecule is CN=C(NCCC(=O)NC1CCS(=O)(=O)C1)NC1CCN(Cc2ccccc2)C(C)C1.I. The minimum Gasteiger partial charge on any atom is -0.356 e. The molecule has 2 aliphatic heterocycles. The molecule has 2 heterocycles. The van der Waals surface area contributed by atoms with Crippen LogP contribution in [0, 0.1) is 0 Å². The number of nitrogens with zero attached hydrogens (tertiary/aromatic N) is 2. The summed E-state index contributed by atoms with van der Waals surface area (Å²) in [6.07, 6.45) is 2.85. The van der Waals surface area contributed by atoms with Gasteiger partial charge in [-0.3, -0.25) is 14.7 Å². The molecule has 2 saturated heterocycles. The molecule has 3 N–H and O–H groups in total. The molecule has 2 aliphatic rings. The summed E-state index contributed by atoms with van der Waals surface area (Å²) in [6, 6.07) is 11.1. The lowest BCUT2D eigenvalue weighted by atomic mass is 9.97. The molecule has 1 aromatic rings. The highest BCUT2D eigenvalue weighted by molar-refractivity contribution is 14.0. The second kappa shape index (κ2) is 12.7. The maximum Gasteiger partial charge on any atom is 0.222 e. The third kappa shape index (κ3) is 8.51. The van der Waals surface area contributed by atoms with E-state index in [1.54, 1.807) is 7.05 Å². The van der Waals surface area contributed by atoms with Crippen molar-refractivity contribution in [1.82, 2.24) is 20.9 Å². The van der Waals surface area contributed by atoms with Gasteiger partial charge in [0.15, 0.2) is 15.8 Å². The van der Waals surface area contributed by atoms with Crippen molar-refractivity contribution < 1.29 is 13.2 Å². The molecule has 3 rings (SSSR count). The molecule has 0 bridgehead atoms. The van der Waals surface area contributed by atoms with Crippen LogP contribution in [-0.4, -0.2) is 75.0 Å². The Bertz CT molecular complexity index is 866. The summed E-state index contributed by atoms with van der Waals surface area (Å²) in [4.78, 5) is 18.9. The average Bonchev–Trinajstić information content (AvgIpc) is 3.08. The zero-order valence-corrected chi connectivity index (χ0v) is 22.1. The second-order valence-corrected chi connectivity index (χ2v) is 10.8. The number of halogens is 1. The maximum absolute atomic E-state index is 12.1. The van der Waals surface area contributed by atoms with E-state index in [-0.39, 0.29) is 53.9 Å². The molecule has 0 spiro atoms. The van der Waals surface area contributed by atoms with E-state index in [1.807, 2.05) is 6.07 Å². The highest BCUT2D eigenvalue weighted by Gasteiger charge is 2.29. The Hall–Kier alpha value is -1.40.